The molecule has 0 aromatic heterocycles. The highest BCUT2D eigenvalue weighted by atomic mass is 79.9. The van der Waals surface area contributed by atoms with Gasteiger partial charge in [-0.05, 0) is 34.7 Å². The second-order valence-electron chi connectivity index (χ2n) is 10.3. The molecule has 0 aliphatic carbocycles. The largest absolute Gasteiger partial charge is 0.405 e. The highest BCUT2D eigenvalue weighted by molar-refractivity contribution is 9.10. The van der Waals surface area contributed by atoms with Crippen LogP contribution in [0.25, 0.3) is 0 Å². The Hall–Kier alpha value is -3.74. The molecule has 0 radical (unpaired) electrons. The van der Waals surface area contributed by atoms with E-state index in [0.29, 0.717) is 22.3 Å². The minimum Gasteiger partial charge on any atom is -0.299 e. The molecule has 0 bridgehead atoms. The van der Waals surface area contributed by atoms with Gasteiger partial charge >= 0.3 is 13.3 Å². The van der Waals surface area contributed by atoms with E-state index < -0.39 is 24.7 Å². The molecule has 1 unspecified atom stereocenters. The first-order valence-corrected chi connectivity index (χ1v) is 16.4. The lowest BCUT2D eigenvalue weighted by molar-refractivity contribution is 0.0287. The topological polar surface area (TPSA) is 52.6 Å². The molecule has 0 saturated heterocycles. The zero-order chi connectivity index (χ0) is 31.0. The number of halogens is 3. The zero-order valence-electron chi connectivity index (χ0n) is 23.7. The predicted octanol–water partition coefficient (Wildman–Crippen LogP) is 10.3. The Labute approximate surface area is 264 Å². The summed E-state index contributed by atoms with van der Waals surface area (Å²) >= 11 is 3.30. The maximum Gasteiger partial charge on any atom is 0.405 e. The van der Waals surface area contributed by atoms with Crippen LogP contribution in [0.3, 0.4) is 0 Å². The lowest BCUT2D eigenvalue weighted by atomic mass is 9.85. The van der Waals surface area contributed by atoms with Gasteiger partial charge in [0.15, 0.2) is 5.78 Å². The normalized spacial score (nSPS) is 12.5. The fraction of sp³-hybridized carbons (Fsp3) is 0.139. The van der Waals surface area contributed by atoms with E-state index in [1.807, 2.05) is 36.4 Å². The van der Waals surface area contributed by atoms with Crippen LogP contribution in [-0.2, 0) is 38.9 Å². The van der Waals surface area contributed by atoms with Crippen molar-refractivity contribution in [2.75, 3.05) is 0 Å². The molecule has 5 aromatic rings. The van der Waals surface area contributed by atoms with Crippen LogP contribution in [0.1, 0.15) is 44.1 Å². The number of hydrogen-bond donors (Lipinski definition) is 0. The number of alkyl halides is 2. The molecule has 4 nitrogen and oxygen atoms in total. The quantitative estimate of drug-likeness (QED) is 0.0921. The molecule has 0 aliphatic rings. The van der Waals surface area contributed by atoms with Gasteiger partial charge in [-0.1, -0.05) is 149 Å². The van der Waals surface area contributed by atoms with Crippen LogP contribution in [0.4, 0.5) is 8.78 Å². The molecule has 0 fully saturated rings. The van der Waals surface area contributed by atoms with Crippen LogP contribution >= 0.6 is 23.5 Å². The summed E-state index contributed by atoms with van der Waals surface area (Å²) in [6, 6.07) is 40.0. The highest BCUT2D eigenvalue weighted by Gasteiger charge is 2.56. The molecule has 0 amide bonds. The third kappa shape index (κ3) is 7.48. The Morgan fingerprint density at radius 3 is 1.66 bits per heavy atom. The van der Waals surface area contributed by atoms with E-state index in [1.165, 1.54) is 18.2 Å². The summed E-state index contributed by atoms with van der Waals surface area (Å²) in [6.45, 7) is -0.642. The van der Waals surface area contributed by atoms with Gasteiger partial charge in [0.1, 0.15) is 0 Å². The number of rotatable bonds is 13. The van der Waals surface area contributed by atoms with Crippen molar-refractivity contribution in [3.63, 3.8) is 0 Å². The number of carbonyl (C=O) groups excluding carboxylic acids is 1. The number of hydrogen-bond acceptors (Lipinski definition) is 4. The summed E-state index contributed by atoms with van der Waals surface area (Å²) in [7, 11) is -5.07. The van der Waals surface area contributed by atoms with Gasteiger partial charge in [-0.2, -0.15) is 8.78 Å². The van der Waals surface area contributed by atoms with E-state index in [1.54, 1.807) is 84.9 Å². The third-order valence-corrected chi connectivity index (χ3v) is 9.73. The van der Waals surface area contributed by atoms with Crippen molar-refractivity contribution in [3.8, 4) is 0 Å². The Morgan fingerprint density at radius 1 is 0.682 bits per heavy atom. The van der Waals surface area contributed by atoms with Crippen molar-refractivity contribution in [2.24, 2.45) is 0 Å². The average molecular weight is 676 g/mol. The second kappa shape index (κ2) is 14.4. The smallest absolute Gasteiger partial charge is 0.299 e. The second-order valence-corrected chi connectivity index (χ2v) is 13.2. The summed E-state index contributed by atoms with van der Waals surface area (Å²) < 4.78 is 57.5. The molecule has 8 heteroatoms. The van der Waals surface area contributed by atoms with Crippen LogP contribution in [-0.4, -0.2) is 5.78 Å². The molecule has 0 heterocycles. The van der Waals surface area contributed by atoms with Crippen LogP contribution < -0.4 is 0 Å². The molecule has 0 aliphatic heterocycles. The fourth-order valence-electron chi connectivity index (χ4n) is 4.83. The van der Waals surface area contributed by atoms with Gasteiger partial charge in [0.05, 0.1) is 19.1 Å². The summed E-state index contributed by atoms with van der Waals surface area (Å²) in [5.74, 6) is -0.609. The Morgan fingerprint density at radius 2 is 1.16 bits per heavy atom. The van der Waals surface area contributed by atoms with Gasteiger partial charge in [0.25, 0.3) is 0 Å². The molecular weight excluding hydrogens is 645 g/mol. The number of carbonyl (C=O) groups is 1. The van der Waals surface area contributed by atoms with Crippen LogP contribution in [0.5, 0.6) is 0 Å². The molecule has 0 N–H and O–H groups in total. The van der Waals surface area contributed by atoms with E-state index in [4.69, 9.17) is 9.05 Å². The standard InChI is InChI=1S/C36H30BrF2O4P/c37-34-24-29(23-32(30-17-9-3-10-18-30)35(40)31-19-11-4-12-20-31)21-22-33(34)36(38,39)44(41,42-25-27-13-5-1-6-14-27)43-26-28-15-7-2-8-16-28/h1-22,24,32H,23,25-26H2. The van der Waals surface area contributed by atoms with Gasteiger partial charge in [0, 0.05) is 15.6 Å². The third-order valence-electron chi connectivity index (χ3n) is 7.21. The van der Waals surface area contributed by atoms with Gasteiger partial charge in [-0.3, -0.25) is 18.4 Å². The van der Waals surface area contributed by atoms with Crippen molar-refractivity contribution in [1.82, 2.24) is 0 Å². The predicted molar refractivity (Wildman–Crippen MR) is 172 cm³/mol. The molecule has 5 aromatic carbocycles. The summed E-state index contributed by atoms with van der Waals surface area (Å²) in [4.78, 5) is 13.6. The van der Waals surface area contributed by atoms with Crippen molar-refractivity contribution in [2.45, 2.75) is 31.2 Å². The van der Waals surface area contributed by atoms with Crippen molar-refractivity contribution < 1.29 is 27.2 Å². The van der Waals surface area contributed by atoms with Crippen LogP contribution in [0.15, 0.2) is 144 Å². The molecule has 224 valence electrons. The lowest BCUT2D eigenvalue weighted by Crippen LogP contribution is -2.19. The van der Waals surface area contributed by atoms with Gasteiger partial charge in [0.2, 0.25) is 0 Å². The van der Waals surface area contributed by atoms with Gasteiger partial charge < -0.3 is 0 Å². The first kappa shape index (κ1) is 31.7. The first-order valence-electron chi connectivity index (χ1n) is 14.0. The van der Waals surface area contributed by atoms with Crippen molar-refractivity contribution in [3.05, 3.63) is 177 Å². The van der Waals surface area contributed by atoms with Crippen LogP contribution in [0.2, 0.25) is 0 Å². The number of ketones is 1. The van der Waals surface area contributed by atoms with Gasteiger partial charge in [-0.15, -0.1) is 0 Å². The molecular formula is C36H30BrF2O4P. The molecule has 0 spiro atoms. The maximum atomic E-state index is 16.3. The molecule has 0 saturated carbocycles. The SMILES string of the molecule is O=C(c1ccccc1)C(Cc1ccc(C(F)(F)P(=O)(OCc2ccccc2)OCc2ccccc2)c(Br)c1)c1ccccc1. The Bertz CT molecular complexity index is 1670. The minimum atomic E-state index is -5.07. The number of benzene rings is 5. The van der Waals surface area contributed by atoms with Crippen molar-refractivity contribution in [1.29, 1.82) is 0 Å². The van der Waals surface area contributed by atoms with E-state index in [-0.39, 0.29) is 29.9 Å². The fourth-order valence-corrected chi connectivity index (χ4v) is 7.19. The Balaban J connectivity index is 1.44. The monoisotopic (exact) mass is 674 g/mol. The first-order chi connectivity index (χ1) is 21.3. The zero-order valence-corrected chi connectivity index (χ0v) is 26.2. The summed E-state index contributed by atoms with van der Waals surface area (Å²) in [6.07, 6.45) is 0.273. The molecule has 1 atom stereocenters. The van der Waals surface area contributed by atoms with E-state index in [2.05, 4.69) is 15.9 Å². The molecule has 44 heavy (non-hydrogen) atoms. The number of Topliss-reactive ketones (excluding diaryl/α,β-unsaturated/α-hetero) is 1. The molecule has 5 rings (SSSR count). The maximum absolute atomic E-state index is 16.3. The van der Waals surface area contributed by atoms with E-state index in [0.717, 1.165) is 5.56 Å². The van der Waals surface area contributed by atoms with Crippen molar-refractivity contribution >= 4 is 29.3 Å². The van der Waals surface area contributed by atoms with Crippen LogP contribution in [0, 0.1) is 0 Å². The summed E-state index contributed by atoms with van der Waals surface area (Å²) in [5.41, 5.74) is -1.33. The minimum absolute atomic E-state index is 0.0332. The van der Waals surface area contributed by atoms with Gasteiger partial charge in [-0.25, -0.2) is 0 Å². The lowest BCUT2D eigenvalue weighted by Gasteiger charge is -2.28. The van der Waals surface area contributed by atoms with E-state index in [9.17, 15) is 9.36 Å². The van der Waals surface area contributed by atoms with E-state index >= 15 is 8.78 Å². The average Bonchev–Trinajstić information content (AvgIpc) is 3.06. The highest BCUT2D eigenvalue weighted by Crippen LogP contribution is 2.68. The Kier molecular flexibility index (Phi) is 10.3. The summed E-state index contributed by atoms with van der Waals surface area (Å²) in [5, 5.41) is 0.